The molecule has 0 fully saturated rings. The van der Waals surface area contributed by atoms with Crippen molar-refractivity contribution in [2.75, 3.05) is 25.6 Å². The van der Waals surface area contributed by atoms with Crippen molar-refractivity contribution >= 4 is 5.95 Å². The van der Waals surface area contributed by atoms with Gasteiger partial charge in [0.05, 0.1) is 5.60 Å². The topological polar surface area (TPSA) is 67.3 Å². The molecule has 5 heteroatoms. The minimum Gasteiger partial charge on any atom is -0.388 e. The van der Waals surface area contributed by atoms with E-state index in [2.05, 4.69) is 29.1 Å². The molecule has 0 bridgehead atoms. The summed E-state index contributed by atoms with van der Waals surface area (Å²) >= 11 is 0. The van der Waals surface area contributed by atoms with Crippen molar-refractivity contribution in [3.05, 3.63) is 17.5 Å². The lowest BCUT2D eigenvalue weighted by atomic mass is 10.0. The first-order chi connectivity index (χ1) is 8.84. The van der Waals surface area contributed by atoms with Gasteiger partial charge in [-0.3, -0.25) is 0 Å². The first-order valence-corrected chi connectivity index (χ1v) is 6.65. The normalized spacial score (nSPS) is 14.5. The van der Waals surface area contributed by atoms with Gasteiger partial charge >= 0.3 is 0 Å². The summed E-state index contributed by atoms with van der Waals surface area (Å²) in [6, 6.07) is 1.99. The summed E-state index contributed by atoms with van der Waals surface area (Å²) < 4.78 is 4.98. The van der Waals surface area contributed by atoms with Crippen LogP contribution in [0.25, 0.3) is 0 Å². The number of nitrogens with one attached hydrogen (secondary N) is 1. The van der Waals surface area contributed by atoms with Crippen LogP contribution in [0.2, 0.25) is 0 Å². The highest BCUT2D eigenvalue weighted by molar-refractivity contribution is 5.29. The van der Waals surface area contributed by atoms with Crippen LogP contribution >= 0.6 is 0 Å². The van der Waals surface area contributed by atoms with Gasteiger partial charge in [-0.1, -0.05) is 13.8 Å². The molecule has 0 spiro atoms. The number of anilines is 1. The van der Waals surface area contributed by atoms with Gasteiger partial charge in [0.1, 0.15) is 0 Å². The van der Waals surface area contributed by atoms with Gasteiger partial charge in [-0.05, 0) is 25.8 Å². The molecule has 1 aromatic rings. The number of aromatic nitrogens is 2. The molecule has 2 N–H and O–H groups in total. The van der Waals surface area contributed by atoms with Crippen molar-refractivity contribution < 1.29 is 9.84 Å². The van der Waals surface area contributed by atoms with E-state index in [1.807, 2.05) is 13.0 Å². The lowest BCUT2D eigenvalue weighted by Gasteiger charge is -2.23. The van der Waals surface area contributed by atoms with Crippen LogP contribution in [0.1, 0.15) is 44.5 Å². The Morgan fingerprint density at radius 2 is 2.11 bits per heavy atom. The maximum Gasteiger partial charge on any atom is 0.223 e. The number of rotatable bonds is 7. The van der Waals surface area contributed by atoms with Crippen LogP contribution in [0.15, 0.2) is 6.07 Å². The minimum absolute atomic E-state index is 0.358. The summed E-state index contributed by atoms with van der Waals surface area (Å²) in [7, 11) is 1.63. The van der Waals surface area contributed by atoms with Crippen molar-refractivity contribution in [2.45, 2.75) is 45.6 Å². The summed E-state index contributed by atoms with van der Waals surface area (Å²) in [5.74, 6) is 0.928. The quantitative estimate of drug-likeness (QED) is 0.792. The van der Waals surface area contributed by atoms with Crippen LogP contribution in [0, 0.1) is 6.92 Å². The van der Waals surface area contributed by atoms with Crippen LogP contribution < -0.4 is 5.32 Å². The van der Waals surface area contributed by atoms with E-state index in [-0.39, 0.29) is 0 Å². The SMILES string of the molecule is COCCC(C)(O)CNc1nc(C)cc(C(C)C)n1. The Balaban J connectivity index is 2.67. The lowest BCUT2D eigenvalue weighted by Crippen LogP contribution is -2.35. The zero-order valence-corrected chi connectivity index (χ0v) is 12.5. The lowest BCUT2D eigenvalue weighted by molar-refractivity contribution is 0.0356. The molecule has 5 nitrogen and oxygen atoms in total. The van der Waals surface area contributed by atoms with Gasteiger partial charge in [0.15, 0.2) is 0 Å². The molecule has 1 rings (SSSR count). The van der Waals surface area contributed by atoms with Crippen molar-refractivity contribution in [1.29, 1.82) is 0 Å². The second kappa shape index (κ2) is 6.82. The van der Waals surface area contributed by atoms with Crippen molar-refractivity contribution in [1.82, 2.24) is 9.97 Å². The number of ether oxygens (including phenoxy) is 1. The average molecular weight is 267 g/mol. The number of aliphatic hydroxyl groups is 1. The Hall–Kier alpha value is -1.20. The molecule has 1 heterocycles. The zero-order chi connectivity index (χ0) is 14.5. The van der Waals surface area contributed by atoms with Crippen molar-refractivity contribution in [3.8, 4) is 0 Å². The second-order valence-electron chi connectivity index (χ2n) is 5.51. The van der Waals surface area contributed by atoms with E-state index in [1.54, 1.807) is 14.0 Å². The standard InChI is InChI=1S/C14H25N3O2/c1-10(2)12-8-11(3)16-13(17-12)15-9-14(4,18)6-7-19-5/h8,10,18H,6-7,9H2,1-5H3,(H,15,16,17). The van der Waals surface area contributed by atoms with Crippen LogP contribution in [0.5, 0.6) is 0 Å². The Labute approximate surface area is 115 Å². The van der Waals surface area contributed by atoms with Crippen molar-refractivity contribution in [3.63, 3.8) is 0 Å². The summed E-state index contributed by atoms with van der Waals surface area (Å²) in [6.45, 7) is 8.85. The molecular formula is C14H25N3O2. The molecular weight excluding hydrogens is 242 g/mol. The van der Waals surface area contributed by atoms with E-state index in [4.69, 9.17) is 4.74 Å². The zero-order valence-electron chi connectivity index (χ0n) is 12.5. The summed E-state index contributed by atoms with van der Waals surface area (Å²) in [6.07, 6.45) is 0.569. The van der Waals surface area contributed by atoms with Gasteiger partial charge in [-0.25, -0.2) is 9.97 Å². The van der Waals surface area contributed by atoms with Gasteiger partial charge < -0.3 is 15.2 Å². The maximum atomic E-state index is 10.2. The molecule has 0 aliphatic carbocycles. The summed E-state index contributed by atoms with van der Waals surface area (Å²) in [4.78, 5) is 8.79. The Morgan fingerprint density at radius 1 is 1.42 bits per heavy atom. The van der Waals surface area contributed by atoms with Gasteiger partial charge in [0, 0.05) is 38.1 Å². The van der Waals surface area contributed by atoms with Crippen molar-refractivity contribution in [2.24, 2.45) is 0 Å². The molecule has 108 valence electrons. The number of hydrogen-bond donors (Lipinski definition) is 2. The Bertz CT molecular complexity index is 406. The van der Waals surface area contributed by atoms with E-state index in [9.17, 15) is 5.11 Å². The van der Waals surface area contributed by atoms with E-state index in [1.165, 1.54) is 0 Å². The van der Waals surface area contributed by atoms with Crippen LogP contribution in [-0.4, -0.2) is 40.9 Å². The monoisotopic (exact) mass is 267 g/mol. The molecule has 19 heavy (non-hydrogen) atoms. The Kier molecular flexibility index (Phi) is 5.69. The molecule has 0 saturated carbocycles. The van der Waals surface area contributed by atoms with Crippen LogP contribution in [-0.2, 0) is 4.74 Å². The molecule has 1 unspecified atom stereocenters. The molecule has 0 amide bonds. The smallest absolute Gasteiger partial charge is 0.223 e. The van der Waals surface area contributed by atoms with Gasteiger partial charge in [0.25, 0.3) is 0 Å². The molecule has 0 aliphatic heterocycles. The Morgan fingerprint density at radius 3 is 2.68 bits per heavy atom. The highest BCUT2D eigenvalue weighted by atomic mass is 16.5. The summed E-state index contributed by atoms with van der Waals surface area (Å²) in [5, 5.41) is 13.3. The molecule has 0 aromatic carbocycles. The number of hydrogen-bond acceptors (Lipinski definition) is 5. The average Bonchev–Trinajstić information content (AvgIpc) is 2.33. The minimum atomic E-state index is -0.832. The largest absolute Gasteiger partial charge is 0.388 e. The van der Waals surface area contributed by atoms with Crippen LogP contribution in [0.4, 0.5) is 5.95 Å². The first-order valence-electron chi connectivity index (χ1n) is 6.65. The second-order valence-corrected chi connectivity index (χ2v) is 5.51. The highest BCUT2D eigenvalue weighted by Gasteiger charge is 2.20. The third-order valence-electron chi connectivity index (χ3n) is 2.94. The molecule has 1 aromatic heterocycles. The van der Waals surface area contributed by atoms with E-state index in [0.717, 1.165) is 11.4 Å². The fourth-order valence-electron chi connectivity index (χ4n) is 1.65. The number of nitrogens with zero attached hydrogens (tertiary/aromatic N) is 2. The summed E-state index contributed by atoms with van der Waals surface area (Å²) in [5.41, 5.74) is 1.10. The van der Waals surface area contributed by atoms with Crippen LogP contribution in [0.3, 0.4) is 0 Å². The highest BCUT2D eigenvalue weighted by Crippen LogP contribution is 2.15. The van der Waals surface area contributed by atoms with Gasteiger partial charge in [-0.15, -0.1) is 0 Å². The molecule has 0 saturated heterocycles. The molecule has 1 atom stereocenters. The predicted octanol–water partition coefficient (Wildman–Crippen LogP) is 2.11. The molecule has 0 radical (unpaired) electrons. The van der Waals surface area contributed by atoms with Gasteiger partial charge in [-0.2, -0.15) is 0 Å². The van der Waals surface area contributed by atoms with Gasteiger partial charge in [0.2, 0.25) is 5.95 Å². The third kappa shape index (κ3) is 5.53. The number of methoxy groups -OCH3 is 1. The predicted molar refractivity (Wildman–Crippen MR) is 76.5 cm³/mol. The first kappa shape index (κ1) is 15.9. The third-order valence-corrected chi connectivity index (χ3v) is 2.94. The fraction of sp³-hybridized carbons (Fsp3) is 0.714. The molecule has 0 aliphatic rings. The van der Waals surface area contributed by atoms with E-state index in [0.29, 0.717) is 31.4 Å². The maximum absolute atomic E-state index is 10.2. The van der Waals surface area contributed by atoms with E-state index < -0.39 is 5.60 Å². The number of aryl methyl sites for hydroxylation is 1. The van der Waals surface area contributed by atoms with E-state index >= 15 is 0 Å². The fourth-order valence-corrected chi connectivity index (χ4v) is 1.65.